The molecule has 1 fully saturated rings. The molecule has 0 bridgehead atoms. The molecule has 1 heterocycles. The Kier molecular flexibility index (Phi) is 48.9. The highest BCUT2D eigenvalue weighted by Crippen LogP contribution is 2.23. The van der Waals surface area contributed by atoms with Crippen molar-refractivity contribution in [1.29, 1.82) is 0 Å². The Hall–Kier alpha value is -1.82. The first kappa shape index (κ1) is 67.2. The maximum Gasteiger partial charge on any atom is 0.306 e. The molecule has 418 valence electrons. The van der Waals surface area contributed by atoms with E-state index in [1.165, 1.54) is 218 Å². The van der Waals surface area contributed by atoms with Gasteiger partial charge in [0.1, 0.15) is 31.0 Å². The molecule has 1 aliphatic rings. The lowest BCUT2D eigenvalue weighted by Gasteiger charge is -2.39. The number of allylic oxidation sites excluding steroid dienone is 4. The molecule has 0 radical (unpaired) electrons. The number of hydrogen-bond donors (Lipinski definition) is 4. The predicted octanol–water partition coefficient (Wildman–Crippen LogP) is 15.6. The van der Waals surface area contributed by atoms with Crippen molar-refractivity contribution >= 4 is 11.9 Å². The second-order valence-corrected chi connectivity index (χ2v) is 21.2. The van der Waals surface area contributed by atoms with Gasteiger partial charge in [-0.2, -0.15) is 0 Å². The molecule has 10 heteroatoms. The van der Waals surface area contributed by atoms with Crippen molar-refractivity contribution in [3.8, 4) is 0 Å². The Morgan fingerprint density at radius 2 is 0.775 bits per heavy atom. The van der Waals surface area contributed by atoms with Gasteiger partial charge < -0.3 is 39.4 Å². The lowest BCUT2D eigenvalue weighted by molar-refractivity contribution is -0.305. The molecular weight excluding hydrogens is 893 g/mol. The van der Waals surface area contributed by atoms with Crippen molar-refractivity contribution < 1.29 is 49.0 Å². The number of hydrogen-bond acceptors (Lipinski definition) is 10. The van der Waals surface area contributed by atoms with E-state index in [2.05, 4.69) is 38.2 Å². The van der Waals surface area contributed by atoms with E-state index in [1.54, 1.807) is 0 Å². The van der Waals surface area contributed by atoms with Gasteiger partial charge in [-0.1, -0.05) is 263 Å². The van der Waals surface area contributed by atoms with Gasteiger partial charge >= 0.3 is 11.9 Å². The first-order chi connectivity index (χ1) is 34.8. The summed E-state index contributed by atoms with van der Waals surface area (Å²) in [5.41, 5.74) is 0. The number of esters is 2. The van der Waals surface area contributed by atoms with Gasteiger partial charge in [0.05, 0.1) is 13.2 Å². The molecule has 1 saturated heterocycles. The molecule has 2 unspecified atom stereocenters. The monoisotopic (exact) mass is 1010 g/mol. The molecule has 1 rings (SSSR count). The summed E-state index contributed by atoms with van der Waals surface area (Å²) < 4.78 is 22.3. The van der Waals surface area contributed by atoms with Crippen molar-refractivity contribution in [2.75, 3.05) is 19.8 Å². The number of aliphatic hydroxyl groups excluding tert-OH is 4. The van der Waals surface area contributed by atoms with Crippen LogP contribution >= 0.6 is 0 Å². The minimum atomic E-state index is -1.60. The van der Waals surface area contributed by atoms with Crippen molar-refractivity contribution in [3.63, 3.8) is 0 Å². The minimum Gasteiger partial charge on any atom is -0.462 e. The van der Waals surface area contributed by atoms with Crippen LogP contribution in [0.3, 0.4) is 0 Å². The van der Waals surface area contributed by atoms with Crippen molar-refractivity contribution in [2.45, 2.75) is 333 Å². The first-order valence-electron chi connectivity index (χ1n) is 30.4. The number of carbonyl (C=O) groups excluding carboxylic acids is 2. The standard InChI is InChI=1S/C61H114O10/c1-3-5-7-9-11-13-15-17-19-21-23-25-27-29-31-33-35-37-39-41-43-45-47-49-56(63)68-52-54(53-69-61-60(67)59(66)58(65)55(51-62)71-61)70-57(64)50-48-46-44-42-40-38-36-34-32-30-28-26-24-22-20-18-16-14-12-10-8-6-4-2/h34,36,42,44,54-55,58-62,65-67H,3-33,35,37-41,43,45-53H2,1-2H3/b36-34+,44-42+/t54-,55-,58+,59?,60?,61-/m0/s1. The molecule has 4 N–H and O–H groups in total. The third-order valence-electron chi connectivity index (χ3n) is 14.3. The van der Waals surface area contributed by atoms with E-state index in [0.29, 0.717) is 6.42 Å². The Balaban J connectivity index is 2.19. The number of rotatable bonds is 53. The van der Waals surface area contributed by atoms with Crippen LogP contribution in [0.4, 0.5) is 0 Å². The van der Waals surface area contributed by atoms with Crippen LogP contribution in [0.1, 0.15) is 296 Å². The van der Waals surface area contributed by atoms with Gasteiger partial charge in [-0.15, -0.1) is 0 Å². The number of carbonyl (C=O) groups is 2. The van der Waals surface area contributed by atoms with E-state index in [1.807, 2.05) is 0 Å². The average Bonchev–Trinajstić information content (AvgIpc) is 3.37. The summed E-state index contributed by atoms with van der Waals surface area (Å²) in [4.78, 5) is 25.6. The number of aliphatic hydroxyl groups is 4. The van der Waals surface area contributed by atoms with E-state index in [0.717, 1.165) is 44.9 Å². The summed E-state index contributed by atoms with van der Waals surface area (Å²) in [6.45, 7) is 3.46. The maximum atomic E-state index is 12.9. The average molecular weight is 1010 g/mol. The first-order valence-corrected chi connectivity index (χ1v) is 30.4. The third kappa shape index (κ3) is 42.1. The quantitative estimate of drug-likeness (QED) is 0.0263. The number of unbranched alkanes of at least 4 members (excludes halogenated alkanes) is 38. The summed E-state index contributed by atoms with van der Waals surface area (Å²) >= 11 is 0. The smallest absolute Gasteiger partial charge is 0.306 e. The molecule has 0 amide bonds. The fourth-order valence-corrected chi connectivity index (χ4v) is 9.57. The number of ether oxygens (including phenoxy) is 4. The fourth-order valence-electron chi connectivity index (χ4n) is 9.57. The largest absolute Gasteiger partial charge is 0.462 e. The molecule has 0 aromatic rings. The van der Waals surface area contributed by atoms with Crippen LogP contribution in [0.15, 0.2) is 24.3 Å². The third-order valence-corrected chi connectivity index (χ3v) is 14.3. The van der Waals surface area contributed by atoms with Gasteiger partial charge in [-0.05, 0) is 44.9 Å². The van der Waals surface area contributed by atoms with E-state index >= 15 is 0 Å². The summed E-state index contributed by atoms with van der Waals surface area (Å²) in [5.74, 6) is -0.838. The van der Waals surface area contributed by atoms with Gasteiger partial charge in [-0.3, -0.25) is 9.59 Å². The Morgan fingerprint density at radius 3 is 1.18 bits per heavy atom. The highest BCUT2D eigenvalue weighted by molar-refractivity contribution is 5.70. The van der Waals surface area contributed by atoms with Crippen LogP contribution in [0.25, 0.3) is 0 Å². The lowest BCUT2D eigenvalue weighted by atomic mass is 9.99. The van der Waals surface area contributed by atoms with Gasteiger partial charge in [0, 0.05) is 12.8 Å². The van der Waals surface area contributed by atoms with Crippen molar-refractivity contribution in [1.82, 2.24) is 0 Å². The zero-order chi connectivity index (χ0) is 51.5. The van der Waals surface area contributed by atoms with Gasteiger partial charge in [0.15, 0.2) is 12.4 Å². The molecule has 71 heavy (non-hydrogen) atoms. The molecule has 0 spiro atoms. The van der Waals surface area contributed by atoms with E-state index < -0.39 is 49.4 Å². The van der Waals surface area contributed by atoms with Gasteiger partial charge in [0.25, 0.3) is 0 Å². The van der Waals surface area contributed by atoms with E-state index in [9.17, 15) is 30.0 Å². The minimum absolute atomic E-state index is 0.174. The SMILES string of the molecule is CCCCCCCCCCCCCCCC/C=C/CC/C=C/CCCC(=O)O[C@@H](COC(=O)CCCCCCCCCCCCCCCCCCCCCCCCC)CO[C@H]1O[C@@H](CO)[C@@H](O)C(O)C1O. The zero-order valence-electron chi connectivity index (χ0n) is 46.2. The topological polar surface area (TPSA) is 152 Å². The highest BCUT2D eigenvalue weighted by Gasteiger charge is 2.44. The summed E-state index contributed by atoms with van der Waals surface area (Å²) in [6.07, 6.45) is 55.0. The van der Waals surface area contributed by atoms with Crippen LogP contribution in [0, 0.1) is 0 Å². The van der Waals surface area contributed by atoms with Crippen LogP contribution in [0.2, 0.25) is 0 Å². The molecule has 10 nitrogen and oxygen atoms in total. The van der Waals surface area contributed by atoms with Crippen molar-refractivity contribution in [2.24, 2.45) is 0 Å². The van der Waals surface area contributed by atoms with Crippen LogP contribution in [0.5, 0.6) is 0 Å². The highest BCUT2D eigenvalue weighted by atomic mass is 16.7. The normalized spacial score (nSPS) is 18.8. The predicted molar refractivity (Wildman–Crippen MR) is 293 cm³/mol. The Labute approximate surface area is 436 Å². The van der Waals surface area contributed by atoms with Crippen LogP contribution < -0.4 is 0 Å². The van der Waals surface area contributed by atoms with E-state index in [4.69, 9.17) is 18.9 Å². The van der Waals surface area contributed by atoms with E-state index in [-0.39, 0.29) is 32.0 Å². The lowest BCUT2D eigenvalue weighted by Crippen LogP contribution is -2.59. The van der Waals surface area contributed by atoms with Crippen molar-refractivity contribution in [3.05, 3.63) is 24.3 Å². The molecule has 0 aromatic heterocycles. The maximum absolute atomic E-state index is 12.9. The zero-order valence-corrected chi connectivity index (χ0v) is 46.2. The Morgan fingerprint density at radius 1 is 0.423 bits per heavy atom. The fraction of sp³-hybridized carbons (Fsp3) is 0.902. The summed E-state index contributed by atoms with van der Waals surface area (Å²) in [5, 5.41) is 40.3. The Bertz CT molecular complexity index is 1210. The second kappa shape index (κ2) is 51.7. The second-order valence-electron chi connectivity index (χ2n) is 21.2. The molecule has 0 aliphatic carbocycles. The molecule has 6 atom stereocenters. The molecule has 0 aromatic carbocycles. The van der Waals surface area contributed by atoms with Crippen LogP contribution in [-0.4, -0.2) is 89.0 Å². The van der Waals surface area contributed by atoms with Crippen LogP contribution in [-0.2, 0) is 28.5 Å². The summed E-state index contributed by atoms with van der Waals surface area (Å²) in [7, 11) is 0. The van der Waals surface area contributed by atoms with Gasteiger partial charge in [0.2, 0.25) is 0 Å². The summed E-state index contributed by atoms with van der Waals surface area (Å²) in [6, 6.07) is 0. The van der Waals surface area contributed by atoms with Gasteiger partial charge in [-0.25, -0.2) is 0 Å². The molecule has 0 saturated carbocycles. The molecular formula is C61H114O10. The molecule has 1 aliphatic heterocycles.